The van der Waals surface area contributed by atoms with Crippen LogP contribution in [0.2, 0.25) is 0 Å². The van der Waals surface area contributed by atoms with Crippen LogP contribution >= 0.6 is 15.9 Å². The van der Waals surface area contributed by atoms with Crippen LogP contribution in [0.25, 0.3) is 0 Å². The van der Waals surface area contributed by atoms with Crippen LogP contribution in [0, 0.1) is 0 Å². The highest BCUT2D eigenvalue weighted by Gasteiger charge is 2.30. The van der Waals surface area contributed by atoms with Gasteiger partial charge in [-0.15, -0.1) is 0 Å². The Balaban J connectivity index is 2.23. The van der Waals surface area contributed by atoms with Gasteiger partial charge in [0.2, 0.25) is 0 Å². The molecule has 1 aromatic heterocycles. The zero-order chi connectivity index (χ0) is 11.5. The lowest BCUT2D eigenvalue weighted by molar-refractivity contribution is -0.118. The number of halogens is 1. The third-order valence-electron chi connectivity index (χ3n) is 2.98. The van der Waals surface area contributed by atoms with Gasteiger partial charge >= 0.3 is 0 Å². The van der Waals surface area contributed by atoms with Crippen LogP contribution in [0.1, 0.15) is 30.9 Å². The lowest BCUT2D eigenvalue weighted by Gasteiger charge is -2.12. The molecule has 1 unspecified atom stereocenters. The average Bonchev–Trinajstić information content (AvgIpc) is 2.82. The largest absolute Gasteiger partial charge is 0.383 e. The van der Waals surface area contributed by atoms with E-state index in [1.54, 1.807) is 13.3 Å². The van der Waals surface area contributed by atoms with Crippen LogP contribution < -0.4 is 0 Å². The molecule has 5 heteroatoms. The molecule has 1 saturated carbocycles. The van der Waals surface area contributed by atoms with Crippen LogP contribution in [0.3, 0.4) is 0 Å². The molecule has 0 saturated heterocycles. The minimum Gasteiger partial charge on any atom is -0.383 e. The third-order valence-corrected chi connectivity index (χ3v) is 3.59. The molecule has 0 bridgehead atoms. The number of hydrogen-bond acceptors (Lipinski definition) is 3. The van der Waals surface area contributed by atoms with Crippen molar-refractivity contribution in [1.82, 2.24) is 9.78 Å². The van der Waals surface area contributed by atoms with Gasteiger partial charge in [0.15, 0.2) is 0 Å². The number of rotatable bonds is 4. The van der Waals surface area contributed by atoms with E-state index in [9.17, 15) is 4.79 Å². The fourth-order valence-corrected chi connectivity index (χ4v) is 2.75. The normalized spacial score (nSPS) is 20.6. The standard InChI is InChI=1S/C11H15BrN2O2/c1-16-6-5-14-11(9(12)7-13-14)8-3-2-4-10(8)15/h7-8H,2-6H2,1H3. The van der Waals surface area contributed by atoms with Crippen LogP contribution in [0.15, 0.2) is 10.7 Å². The summed E-state index contributed by atoms with van der Waals surface area (Å²) < 4.78 is 7.85. The Labute approximate surface area is 103 Å². The number of carbonyl (C=O) groups is 1. The molecule has 0 spiro atoms. The SMILES string of the molecule is COCCn1ncc(Br)c1C1CCCC1=O. The molecule has 1 aliphatic rings. The summed E-state index contributed by atoms with van der Waals surface area (Å²) in [5, 5.41) is 4.27. The second kappa shape index (κ2) is 5.10. The number of hydrogen-bond donors (Lipinski definition) is 0. The monoisotopic (exact) mass is 286 g/mol. The van der Waals surface area contributed by atoms with E-state index in [1.165, 1.54) is 0 Å². The van der Waals surface area contributed by atoms with Gasteiger partial charge in [-0.2, -0.15) is 5.10 Å². The topological polar surface area (TPSA) is 44.1 Å². The van der Waals surface area contributed by atoms with Gasteiger partial charge in [0.1, 0.15) is 5.78 Å². The number of nitrogens with zero attached hydrogens (tertiary/aromatic N) is 2. The first-order chi connectivity index (χ1) is 7.74. The van der Waals surface area contributed by atoms with Crippen LogP contribution in [0.4, 0.5) is 0 Å². The Kier molecular flexibility index (Phi) is 3.76. The van der Waals surface area contributed by atoms with E-state index in [4.69, 9.17) is 4.74 Å². The molecular formula is C11H15BrN2O2. The number of Topliss-reactive ketones (excluding diaryl/α,β-unsaturated/α-hetero) is 1. The van der Waals surface area contributed by atoms with Crippen molar-refractivity contribution in [3.8, 4) is 0 Å². The minimum absolute atomic E-state index is 0.0220. The van der Waals surface area contributed by atoms with Gasteiger partial charge in [0, 0.05) is 13.5 Å². The molecule has 88 valence electrons. The maximum atomic E-state index is 11.8. The first kappa shape index (κ1) is 11.8. The number of aromatic nitrogens is 2. The minimum atomic E-state index is 0.0220. The summed E-state index contributed by atoms with van der Waals surface area (Å²) in [5.41, 5.74) is 1.01. The van der Waals surface area contributed by atoms with Gasteiger partial charge in [-0.25, -0.2) is 0 Å². The second-order valence-electron chi connectivity index (χ2n) is 4.00. The molecule has 0 aromatic carbocycles. The molecule has 0 aliphatic heterocycles. The van der Waals surface area contributed by atoms with Gasteiger partial charge in [0.25, 0.3) is 0 Å². The average molecular weight is 287 g/mol. The van der Waals surface area contributed by atoms with Gasteiger partial charge in [-0.1, -0.05) is 0 Å². The highest BCUT2D eigenvalue weighted by molar-refractivity contribution is 9.10. The van der Waals surface area contributed by atoms with Crippen LogP contribution in [0.5, 0.6) is 0 Å². The van der Waals surface area contributed by atoms with Crippen molar-refractivity contribution in [2.24, 2.45) is 0 Å². The summed E-state index contributed by atoms with van der Waals surface area (Å²) in [4.78, 5) is 11.8. The lowest BCUT2D eigenvalue weighted by Crippen LogP contribution is -2.15. The van der Waals surface area contributed by atoms with Gasteiger partial charge in [-0.05, 0) is 28.8 Å². The van der Waals surface area contributed by atoms with Gasteiger partial charge in [0.05, 0.1) is 35.4 Å². The van der Waals surface area contributed by atoms with E-state index in [2.05, 4.69) is 21.0 Å². The number of ether oxygens (including phenoxy) is 1. The van der Waals surface area contributed by atoms with Crippen molar-refractivity contribution >= 4 is 21.7 Å². The quantitative estimate of drug-likeness (QED) is 0.852. The van der Waals surface area contributed by atoms with Crippen molar-refractivity contribution in [2.75, 3.05) is 13.7 Å². The fourth-order valence-electron chi connectivity index (χ4n) is 2.18. The van der Waals surface area contributed by atoms with E-state index in [-0.39, 0.29) is 5.92 Å². The highest BCUT2D eigenvalue weighted by Crippen LogP contribution is 2.35. The molecule has 16 heavy (non-hydrogen) atoms. The summed E-state index contributed by atoms with van der Waals surface area (Å²) in [7, 11) is 1.67. The predicted molar refractivity (Wildman–Crippen MR) is 63.4 cm³/mol. The number of ketones is 1. The smallest absolute Gasteiger partial charge is 0.141 e. The predicted octanol–water partition coefficient (Wildman–Crippen LogP) is 2.13. The maximum Gasteiger partial charge on any atom is 0.141 e. The van der Waals surface area contributed by atoms with E-state index >= 15 is 0 Å². The molecule has 1 heterocycles. The van der Waals surface area contributed by atoms with Crippen molar-refractivity contribution in [3.05, 3.63) is 16.4 Å². The Morgan fingerprint density at radius 3 is 3.12 bits per heavy atom. The Bertz CT molecular complexity index is 389. The summed E-state index contributed by atoms with van der Waals surface area (Å²) in [6.45, 7) is 1.31. The number of methoxy groups -OCH3 is 1. The summed E-state index contributed by atoms with van der Waals surface area (Å²) >= 11 is 3.47. The van der Waals surface area contributed by atoms with Gasteiger partial charge in [-0.3, -0.25) is 9.48 Å². The van der Waals surface area contributed by atoms with E-state index in [0.29, 0.717) is 25.4 Å². The molecule has 0 radical (unpaired) electrons. The molecule has 2 rings (SSSR count). The lowest BCUT2D eigenvalue weighted by atomic mass is 10.0. The molecule has 1 aromatic rings. The van der Waals surface area contributed by atoms with Crippen molar-refractivity contribution < 1.29 is 9.53 Å². The first-order valence-electron chi connectivity index (χ1n) is 5.47. The molecule has 0 amide bonds. The maximum absolute atomic E-state index is 11.8. The molecular weight excluding hydrogens is 272 g/mol. The Morgan fingerprint density at radius 1 is 1.69 bits per heavy atom. The molecule has 1 fully saturated rings. The Morgan fingerprint density at radius 2 is 2.50 bits per heavy atom. The van der Waals surface area contributed by atoms with Gasteiger partial charge < -0.3 is 4.74 Å². The summed E-state index contributed by atoms with van der Waals surface area (Å²) in [5.74, 6) is 0.355. The summed E-state index contributed by atoms with van der Waals surface area (Å²) in [6, 6.07) is 0. The first-order valence-corrected chi connectivity index (χ1v) is 6.26. The fraction of sp³-hybridized carbons (Fsp3) is 0.636. The van der Waals surface area contributed by atoms with Crippen LogP contribution in [-0.4, -0.2) is 29.3 Å². The van der Waals surface area contributed by atoms with E-state index < -0.39 is 0 Å². The van der Waals surface area contributed by atoms with Crippen LogP contribution in [-0.2, 0) is 16.1 Å². The number of carbonyl (C=O) groups excluding carboxylic acids is 1. The zero-order valence-corrected chi connectivity index (χ0v) is 10.9. The van der Waals surface area contributed by atoms with Crippen molar-refractivity contribution in [2.45, 2.75) is 31.7 Å². The summed E-state index contributed by atoms with van der Waals surface area (Å²) in [6.07, 6.45) is 4.39. The highest BCUT2D eigenvalue weighted by atomic mass is 79.9. The van der Waals surface area contributed by atoms with Crippen molar-refractivity contribution in [1.29, 1.82) is 0 Å². The van der Waals surface area contributed by atoms with Crippen molar-refractivity contribution in [3.63, 3.8) is 0 Å². The molecule has 4 nitrogen and oxygen atoms in total. The third kappa shape index (κ3) is 2.20. The van der Waals surface area contributed by atoms with E-state index in [0.717, 1.165) is 23.0 Å². The van der Waals surface area contributed by atoms with E-state index in [1.807, 2.05) is 4.68 Å². The Hall–Kier alpha value is -0.680. The molecule has 1 atom stereocenters. The molecule has 1 aliphatic carbocycles. The molecule has 0 N–H and O–H groups in total. The zero-order valence-electron chi connectivity index (χ0n) is 9.28. The second-order valence-corrected chi connectivity index (χ2v) is 4.86.